The number of aliphatic hydroxyl groups is 1. The van der Waals surface area contributed by atoms with Crippen molar-refractivity contribution in [2.45, 2.75) is 24.8 Å². The van der Waals surface area contributed by atoms with Gasteiger partial charge in [0, 0.05) is 12.1 Å². The molecule has 0 bridgehead atoms. The molecule has 0 amide bonds. The van der Waals surface area contributed by atoms with Gasteiger partial charge in [-0.2, -0.15) is 0 Å². The molecule has 0 fully saturated rings. The zero-order valence-corrected chi connectivity index (χ0v) is 11.1. The highest BCUT2D eigenvalue weighted by molar-refractivity contribution is 5.22. The van der Waals surface area contributed by atoms with Crippen LogP contribution in [0.2, 0.25) is 0 Å². The molecule has 0 radical (unpaired) electrons. The molecule has 2 heteroatoms. The fraction of sp³-hybridized carbons (Fsp3) is 0.294. The van der Waals surface area contributed by atoms with Crippen molar-refractivity contribution in [3.63, 3.8) is 0 Å². The summed E-state index contributed by atoms with van der Waals surface area (Å²) in [7, 11) is 0. The molecule has 0 saturated carbocycles. The standard InChI is InChI=1S/C17H21NO/c18-17(11-12-19,13-15-7-3-1-4-8-15)14-16-9-5-2-6-10-16/h1-10,19H,11-14,18H2. The average Bonchev–Trinajstić information content (AvgIpc) is 2.41. The summed E-state index contributed by atoms with van der Waals surface area (Å²) in [4.78, 5) is 0. The Morgan fingerprint density at radius 2 is 1.21 bits per heavy atom. The summed E-state index contributed by atoms with van der Waals surface area (Å²) >= 11 is 0. The van der Waals surface area contributed by atoms with Crippen LogP contribution in [0.4, 0.5) is 0 Å². The van der Waals surface area contributed by atoms with Crippen molar-refractivity contribution in [3.05, 3.63) is 71.8 Å². The van der Waals surface area contributed by atoms with Gasteiger partial charge in [0.25, 0.3) is 0 Å². The van der Waals surface area contributed by atoms with E-state index in [1.807, 2.05) is 36.4 Å². The van der Waals surface area contributed by atoms with Crippen LogP contribution in [0.3, 0.4) is 0 Å². The first-order chi connectivity index (χ1) is 9.22. The van der Waals surface area contributed by atoms with Gasteiger partial charge in [-0.05, 0) is 30.4 Å². The molecule has 3 N–H and O–H groups in total. The van der Waals surface area contributed by atoms with Crippen LogP contribution < -0.4 is 5.73 Å². The van der Waals surface area contributed by atoms with Gasteiger partial charge in [0.15, 0.2) is 0 Å². The zero-order chi connectivity index (χ0) is 13.6. The number of benzene rings is 2. The van der Waals surface area contributed by atoms with Crippen LogP contribution in [0.15, 0.2) is 60.7 Å². The molecule has 100 valence electrons. The summed E-state index contributed by atoms with van der Waals surface area (Å²) in [6, 6.07) is 20.5. The van der Waals surface area contributed by atoms with Crippen molar-refractivity contribution in [2.75, 3.05) is 6.61 Å². The zero-order valence-electron chi connectivity index (χ0n) is 11.1. The van der Waals surface area contributed by atoms with Gasteiger partial charge in [-0.1, -0.05) is 60.7 Å². The summed E-state index contributed by atoms with van der Waals surface area (Å²) in [6.07, 6.45) is 2.17. The van der Waals surface area contributed by atoms with Gasteiger partial charge >= 0.3 is 0 Å². The van der Waals surface area contributed by atoms with Crippen LogP contribution in [0.25, 0.3) is 0 Å². The number of aliphatic hydroxyl groups excluding tert-OH is 1. The Labute approximate surface area is 114 Å². The first kappa shape index (κ1) is 13.8. The number of rotatable bonds is 6. The second kappa shape index (κ2) is 6.50. The van der Waals surface area contributed by atoms with Crippen molar-refractivity contribution in [2.24, 2.45) is 5.73 Å². The molecular formula is C17H21NO. The first-order valence-electron chi connectivity index (χ1n) is 6.69. The minimum Gasteiger partial charge on any atom is -0.396 e. The van der Waals surface area contributed by atoms with Crippen molar-refractivity contribution in [3.8, 4) is 0 Å². The predicted molar refractivity (Wildman–Crippen MR) is 78.9 cm³/mol. The Kier molecular flexibility index (Phi) is 4.72. The topological polar surface area (TPSA) is 46.2 Å². The lowest BCUT2D eigenvalue weighted by Crippen LogP contribution is -2.45. The lowest BCUT2D eigenvalue weighted by molar-refractivity contribution is 0.235. The third kappa shape index (κ3) is 4.19. The van der Waals surface area contributed by atoms with E-state index in [4.69, 9.17) is 5.73 Å². The molecule has 0 aliphatic carbocycles. The largest absolute Gasteiger partial charge is 0.396 e. The maximum atomic E-state index is 9.28. The molecule has 0 aromatic heterocycles. The molecule has 2 nitrogen and oxygen atoms in total. The van der Waals surface area contributed by atoms with E-state index in [1.54, 1.807) is 0 Å². The van der Waals surface area contributed by atoms with Gasteiger partial charge in [-0.3, -0.25) is 0 Å². The molecule has 2 aromatic carbocycles. The van der Waals surface area contributed by atoms with E-state index in [1.165, 1.54) is 11.1 Å². The summed E-state index contributed by atoms with van der Waals surface area (Å²) in [5, 5.41) is 9.28. The van der Waals surface area contributed by atoms with Crippen molar-refractivity contribution >= 4 is 0 Å². The second-order valence-electron chi connectivity index (χ2n) is 5.16. The predicted octanol–water partition coefficient (Wildman–Crippen LogP) is 2.55. The Balaban J connectivity index is 2.13. The molecule has 2 rings (SSSR count). The monoisotopic (exact) mass is 255 g/mol. The van der Waals surface area contributed by atoms with Crippen LogP contribution >= 0.6 is 0 Å². The molecule has 0 saturated heterocycles. The van der Waals surface area contributed by atoms with Crippen molar-refractivity contribution in [1.29, 1.82) is 0 Å². The Bertz CT molecular complexity index is 440. The third-order valence-electron chi connectivity index (χ3n) is 3.41. The van der Waals surface area contributed by atoms with Crippen LogP contribution in [0.5, 0.6) is 0 Å². The lowest BCUT2D eigenvalue weighted by Gasteiger charge is -2.29. The molecule has 0 aliphatic rings. The maximum absolute atomic E-state index is 9.28. The van der Waals surface area contributed by atoms with Crippen LogP contribution in [-0.4, -0.2) is 17.3 Å². The van der Waals surface area contributed by atoms with Gasteiger partial charge in [0.05, 0.1) is 0 Å². The third-order valence-corrected chi connectivity index (χ3v) is 3.41. The van der Waals surface area contributed by atoms with E-state index in [-0.39, 0.29) is 6.61 Å². The minimum atomic E-state index is -0.391. The average molecular weight is 255 g/mol. The van der Waals surface area contributed by atoms with Gasteiger partial charge in [0.1, 0.15) is 0 Å². The van der Waals surface area contributed by atoms with Crippen LogP contribution in [-0.2, 0) is 12.8 Å². The number of hydrogen-bond donors (Lipinski definition) is 2. The van der Waals surface area contributed by atoms with Crippen molar-refractivity contribution in [1.82, 2.24) is 0 Å². The number of hydrogen-bond acceptors (Lipinski definition) is 2. The molecule has 0 spiro atoms. The Hall–Kier alpha value is -1.64. The van der Waals surface area contributed by atoms with Crippen molar-refractivity contribution < 1.29 is 5.11 Å². The highest BCUT2D eigenvalue weighted by atomic mass is 16.3. The van der Waals surface area contributed by atoms with Crippen LogP contribution in [0.1, 0.15) is 17.5 Å². The summed E-state index contributed by atoms with van der Waals surface area (Å²) in [6.45, 7) is 0.121. The van der Waals surface area contributed by atoms with E-state index in [0.29, 0.717) is 6.42 Å². The van der Waals surface area contributed by atoms with E-state index in [2.05, 4.69) is 24.3 Å². The highest BCUT2D eigenvalue weighted by Crippen LogP contribution is 2.20. The fourth-order valence-electron chi connectivity index (χ4n) is 2.47. The molecular weight excluding hydrogens is 234 g/mol. The van der Waals surface area contributed by atoms with E-state index >= 15 is 0 Å². The smallest absolute Gasteiger partial charge is 0.0448 e. The highest BCUT2D eigenvalue weighted by Gasteiger charge is 2.25. The Morgan fingerprint density at radius 3 is 1.58 bits per heavy atom. The first-order valence-corrected chi connectivity index (χ1v) is 6.69. The summed E-state index contributed by atoms with van der Waals surface area (Å²) < 4.78 is 0. The molecule has 0 heterocycles. The number of nitrogens with two attached hydrogens (primary N) is 1. The molecule has 0 unspecified atom stereocenters. The Morgan fingerprint density at radius 1 is 0.789 bits per heavy atom. The van der Waals surface area contributed by atoms with Gasteiger partial charge < -0.3 is 10.8 Å². The molecule has 0 aliphatic heterocycles. The minimum absolute atomic E-state index is 0.121. The quantitative estimate of drug-likeness (QED) is 0.833. The summed E-state index contributed by atoms with van der Waals surface area (Å²) in [5.41, 5.74) is 8.56. The molecule has 0 atom stereocenters. The summed E-state index contributed by atoms with van der Waals surface area (Å²) in [5.74, 6) is 0. The maximum Gasteiger partial charge on any atom is 0.0448 e. The van der Waals surface area contributed by atoms with E-state index < -0.39 is 5.54 Å². The van der Waals surface area contributed by atoms with Gasteiger partial charge in [-0.25, -0.2) is 0 Å². The SMILES string of the molecule is NC(CCO)(Cc1ccccc1)Cc1ccccc1. The fourth-order valence-corrected chi connectivity index (χ4v) is 2.47. The second-order valence-corrected chi connectivity index (χ2v) is 5.16. The van der Waals surface area contributed by atoms with E-state index in [0.717, 1.165) is 12.8 Å². The van der Waals surface area contributed by atoms with Crippen LogP contribution in [0, 0.1) is 0 Å². The van der Waals surface area contributed by atoms with Gasteiger partial charge in [0.2, 0.25) is 0 Å². The van der Waals surface area contributed by atoms with Gasteiger partial charge in [-0.15, -0.1) is 0 Å². The molecule has 19 heavy (non-hydrogen) atoms. The molecule has 2 aromatic rings. The lowest BCUT2D eigenvalue weighted by atomic mass is 9.83. The normalized spacial score (nSPS) is 11.5. The van der Waals surface area contributed by atoms with E-state index in [9.17, 15) is 5.11 Å².